The number of imidazole rings is 1. The Morgan fingerprint density at radius 1 is 1.44 bits per heavy atom. The van der Waals surface area contributed by atoms with Crippen molar-refractivity contribution in [1.29, 1.82) is 0 Å². The molecule has 0 radical (unpaired) electrons. The van der Waals surface area contributed by atoms with Gasteiger partial charge >= 0.3 is 0 Å². The molecule has 98 valence electrons. The van der Waals surface area contributed by atoms with Crippen molar-refractivity contribution in [2.24, 2.45) is 7.05 Å². The lowest BCUT2D eigenvalue weighted by Gasteiger charge is -2.00. The molecule has 0 spiro atoms. The summed E-state index contributed by atoms with van der Waals surface area (Å²) in [6.45, 7) is 1.99. The molecule has 7 nitrogen and oxygen atoms in total. The van der Waals surface area contributed by atoms with Crippen LogP contribution in [0.1, 0.15) is 25.1 Å². The van der Waals surface area contributed by atoms with Crippen molar-refractivity contribution in [3.63, 3.8) is 0 Å². The Kier molecular flexibility index (Phi) is 3.46. The fourth-order valence-electron chi connectivity index (χ4n) is 1.55. The quantitative estimate of drug-likeness (QED) is 0.795. The molecule has 0 aliphatic heterocycles. The maximum atomic E-state index is 12.0. The molecule has 2 heterocycles. The van der Waals surface area contributed by atoms with Gasteiger partial charge in [0.15, 0.2) is 5.82 Å². The predicted molar refractivity (Wildman–Crippen MR) is 62.4 cm³/mol. The second kappa shape index (κ2) is 4.89. The number of aryl methyl sites for hydroxylation is 2. The lowest BCUT2D eigenvalue weighted by molar-refractivity contribution is 0.382. The van der Waals surface area contributed by atoms with E-state index in [1.807, 2.05) is 6.92 Å². The number of hydrogen-bond acceptors (Lipinski definition) is 6. The van der Waals surface area contributed by atoms with Crippen LogP contribution in [0.25, 0.3) is 0 Å². The summed E-state index contributed by atoms with van der Waals surface area (Å²) in [7, 11) is -1.93. The molecule has 0 atom stereocenters. The van der Waals surface area contributed by atoms with E-state index in [-0.39, 0.29) is 16.8 Å². The lowest BCUT2D eigenvalue weighted by atomic mass is 10.3. The van der Waals surface area contributed by atoms with Gasteiger partial charge in [-0.1, -0.05) is 12.1 Å². The molecule has 0 aromatic carbocycles. The number of nitrogens with zero attached hydrogens (tertiary/aromatic N) is 4. The average molecular weight is 270 g/mol. The third-order valence-corrected chi connectivity index (χ3v) is 3.93. The molecule has 0 unspecified atom stereocenters. The summed E-state index contributed by atoms with van der Waals surface area (Å²) in [6, 6.07) is 0. The van der Waals surface area contributed by atoms with Crippen LogP contribution in [0.2, 0.25) is 0 Å². The number of aromatic nitrogens is 4. The molecule has 8 heteroatoms. The van der Waals surface area contributed by atoms with Crippen LogP contribution in [0.15, 0.2) is 22.1 Å². The van der Waals surface area contributed by atoms with Crippen LogP contribution in [-0.4, -0.2) is 28.1 Å². The van der Waals surface area contributed by atoms with Crippen molar-refractivity contribution in [2.45, 2.75) is 30.7 Å². The highest BCUT2D eigenvalue weighted by Crippen LogP contribution is 2.13. The van der Waals surface area contributed by atoms with E-state index in [1.165, 1.54) is 10.8 Å². The van der Waals surface area contributed by atoms with Crippen molar-refractivity contribution in [1.82, 2.24) is 19.7 Å². The standard InChI is InChI=1S/C10H14N4O3S/c1-3-4-8-12-9(17-13-8)7-18(15,16)10-11-5-6-14(10)2/h5-6H,3-4,7H2,1-2H3. The molecule has 2 rings (SSSR count). The molecule has 0 aliphatic rings. The largest absolute Gasteiger partial charge is 0.338 e. The normalized spacial score (nSPS) is 11.9. The minimum Gasteiger partial charge on any atom is -0.338 e. The van der Waals surface area contributed by atoms with Gasteiger partial charge in [-0.05, 0) is 6.42 Å². The van der Waals surface area contributed by atoms with Gasteiger partial charge in [0.2, 0.25) is 20.9 Å². The smallest absolute Gasteiger partial charge is 0.242 e. The zero-order valence-electron chi connectivity index (χ0n) is 10.2. The van der Waals surface area contributed by atoms with E-state index in [2.05, 4.69) is 15.1 Å². The van der Waals surface area contributed by atoms with E-state index in [0.29, 0.717) is 12.2 Å². The van der Waals surface area contributed by atoms with E-state index >= 15 is 0 Å². The van der Waals surface area contributed by atoms with Crippen molar-refractivity contribution >= 4 is 9.84 Å². The zero-order chi connectivity index (χ0) is 13.2. The Labute approximate surface area is 105 Å². The van der Waals surface area contributed by atoms with Crippen molar-refractivity contribution in [3.8, 4) is 0 Å². The first kappa shape index (κ1) is 12.7. The van der Waals surface area contributed by atoms with E-state index < -0.39 is 9.84 Å². The molecule has 2 aromatic heterocycles. The molecular formula is C10H14N4O3S. The highest BCUT2D eigenvalue weighted by molar-refractivity contribution is 7.90. The van der Waals surface area contributed by atoms with Gasteiger partial charge in [-0.2, -0.15) is 4.98 Å². The van der Waals surface area contributed by atoms with Crippen LogP contribution in [0.4, 0.5) is 0 Å². The second-order valence-electron chi connectivity index (χ2n) is 3.93. The fraction of sp³-hybridized carbons (Fsp3) is 0.500. The topological polar surface area (TPSA) is 90.9 Å². The maximum absolute atomic E-state index is 12.0. The van der Waals surface area contributed by atoms with Gasteiger partial charge in [0, 0.05) is 25.9 Å². The van der Waals surface area contributed by atoms with Crippen LogP contribution in [0, 0.1) is 0 Å². The van der Waals surface area contributed by atoms with E-state index in [1.54, 1.807) is 13.2 Å². The minimum absolute atomic E-state index is 0.00209. The average Bonchev–Trinajstić information content (AvgIpc) is 2.88. The van der Waals surface area contributed by atoms with Gasteiger partial charge in [-0.25, -0.2) is 13.4 Å². The van der Waals surface area contributed by atoms with Gasteiger partial charge in [0.1, 0.15) is 5.75 Å². The van der Waals surface area contributed by atoms with Gasteiger partial charge in [-0.3, -0.25) is 0 Å². The van der Waals surface area contributed by atoms with Crippen LogP contribution in [0.3, 0.4) is 0 Å². The van der Waals surface area contributed by atoms with Gasteiger partial charge in [0.25, 0.3) is 0 Å². The van der Waals surface area contributed by atoms with E-state index in [9.17, 15) is 8.42 Å². The molecule has 0 saturated heterocycles. The fourth-order valence-corrected chi connectivity index (χ4v) is 2.85. The number of rotatable bonds is 5. The first-order valence-electron chi connectivity index (χ1n) is 5.54. The van der Waals surface area contributed by atoms with E-state index in [0.717, 1.165) is 6.42 Å². The van der Waals surface area contributed by atoms with Crippen LogP contribution in [0.5, 0.6) is 0 Å². The molecule has 2 aromatic rings. The summed E-state index contributed by atoms with van der Waals surface area (Å²) in [6.07, 6.45) is 4.56. The molecule has 18 heavy (non-hydrogen) atoms. The predicted octanol–water partition coefficient (Wildman–Crippen LogP) is 0.730. The first-order chi connectivity index (χ1) is 8.53. The third-order valence-electron chi connectivity index (χ3n) is 2.35. The van der Waals surface area contributed by atoms with Gasteiger partial charge in [-0.15, -0.1) is 0 Å². The van der Waals surface area contributed by atoms with E-state index in [4.69, 9.17) is 4.52 Å². The monoisotopic (exact) mass is 270 g/mol. The highest BCUT2D eigenvalue weighted by atomic mass is 32.2. The molecule has 0 bridgehead atoms. The lowest BCUT2D eigenvalue weighted by Crippen LogP contribution is -2.11. The van der Waals surface area contributed by atoms with Gasteiger partial charge < -0.3 is 9.09 Å². The van der Waals surface area contributed by atoms with Crippen LogP contribution in [-0.2, 0) is 29.1 Å². The SMILES string of the molecule is CCCc1noc(CS(=O)(=O)c2nccn2C)n1. The molecule has 0 saturated carbocycles. The third kappa shape index (κ3) is 2.58. The maximum Gasteiger partial charge on any atom is 0.242 e. The minimum atomic E-state index is -3.55. The second-order valence-corrected chi connectivity index (χ2v) is 5.82. The summed E-state index contributed by atoms with van der Waals surface area (Å²) in [4.78, 5) is 7.84. The van der Waals surface area contributed by atoms with Crippen molar-refractivity contribution < 1.29 is 12.9 Å². The highest BCUT2D eigenvalue weighted by Gasteiger charge is 2.23. The number of hydrogen-bond donors (Lipinski definition) is 0. The number of sulfone groups is 1. The Morgan fingerprint density at radius 3 is 2.83 bits per heavy atom. The molecule has 0 amide bonds. The van der Waals surface area contributed by atoms with Crippen LogP contribution >= 0.6 is 0 Å². The molecular weight excluding hydrogens is 256 g/mol. The summed E-state index contributed by atoms with van der Waals surface area (Å²) < 4.78 is 30.4. The summed E-state index contributed by atoms with van der Waals surface area (Å²) in [5, 5.41) is 3.71. The van der Waals surface area contributed by atoms with Crippen molar-refractivity contribution in [2.75, 3.05) is 0 Å². The Bertz CT molecular complexity index is 629. The van der Waals surface area contributed by atoms with Crippen LogP contribution < -0.4 is 0 Å². The Morgan fingerprint density at radius 2 is 2.22 bits per heavy atom. The molecule has 0 N–H and O–H groups in total. The summed E-state index contributed by atoms with van der Waals surface area (Å²) >= 11 is 0. The zero-order valence-corrected chi connectivity index (χ0v) is 11.0. The summed E-state index contributed by atoms with van der Waals surface area (Å²) in [5.74, 6) is 0.304. The Hall–Kier alpha value is -1.70. The molecule has 0 aliphatic carbocycles. The Balaban J connectivity index is 2.20. The first-order valence-corrected chi connectivity index (χ1v) is 7.19. The summed E-state index contributed by atoms with van der Waals surface area (Å²) in [5.41, 5.74) is 0. The molecule has 0 fully saturated rings. The van der Waals surface area contributed by atoms with Crippen molar-refractivity contribution in [3.05, 3.63) is 24.1 Å². The van der Waals surface area contributed by atoms with Gasteiger partial charge in [0.05, 0.1) is 0 Å².